The van der Waals surface area contributed by atoms with Crippen molar-refractivity contribution >= 4 is 0 Å². The second-order valence-electron chi connectivity index (χ2n) is 5.90. The molecule has 2 nitrogen and oxygen atoms in total. The fourth-order valence-corrected chi connectivity index (χ4v) is 2.64. The molecule has 2 heteroatoms. The molecule has 0 aliphatic carbocycles. The van der Waals surface area contributed by atoms with Crippen molar-refractivity contribution in [3.05, 3.63) is 33.9 Å². The van der Waals surface area contributed by atoms with Gasteiger partial charge in [-0.05, 0) is 88.9 Å². The second kappa shape index (κ2) is 7.06. The summed E-state index contributed by atoms with van der Waals surface area (Å²) in [6.45, 7) is 13.1. The number of aryl methyl sites for hydroxylation is 2. The lowest BCUT2D eigenvalue weighted by molar-refractivity contribution is 0.251. The Hall–Kier alpha value is -0.860. The first-order valence-electron chi connectivity index (χ1n) is 7.35. The van der Waals surface area contributed by atoms with Crippen LogP contribution < -0.4 is 5.73 Å². The van der Waals surface area contributed by atoms with Crippen molar-refractivity contribution in [1.29, 1.82) is 0 Å². The number of nitrogens with two attached hydrogens (primary N) is 1. The van der Waals surface area contributed by atoms with Crippen LogP contribution in [-0.2, 0) is 6.42 Å². The SMILES string of the molecule is Cc1cc(C)c(C)c(CCN(C)C(C)CCN)c1C. The first-order valence-corrected chi connectivity index (χ1v) is 7.35. The molecule has 0 heterocycles. The summed E-state index contributed by atoms with van der Waals surface area (Å²) in [4.78, 5) is 2.42. The van der Waals surface area contributed by atoms with Crippen molar-refractivity contribution in [2.45, 2.75) is 53.5 Å². The van der Waals surface area contributed by atoms with E-state index in [1.807, 2.05) is 0 Å². The molecule has 0 aliphatic heterocycles. The predicted molar refractivity (Wildman–Crippen MR) is 84.9 cm³/mol. The number of benzene rings is 1. The molecule has 0 saturated carbocycles. The molecular formula is C17H30N2. The minimum absolute atomic E-state index is 0.566. The Kier molecular flexibility index (Phi) is 6.02. The molecule has 0 spiro atoms. The van der Waals surface area contributed by atoms with E-state index < -0.39 is 0 Å². The van der Waals surface area contributed by atoms with Gasteiger partial charge < -0.3 is 10.6 Å². The van der Waals surface area contributed by atoms with Crippen molar-refractivity contribution in [3.8, 4) is 0 Å². The quantitative estimate of drug-likeness (QED) is 0.853. The molecule has 0 amide bonds. The minimum Gasteiger partial charge on any atom is -0.330 e. The smallest absolute Gasteiger partial charge is 0.00760 e. The molecule has 0 bridgehead atoms. The third kappa shape index (κ3) is 4.05. The van der Waals surface area contributed by atoms with Crippen LogP contribution in [0, 0.1) is 27.7 Å². The van der Waals surface area contributed by atoms with Gasteiger partial charge in [-0.1, -0.05) is 6.07 Å². The summed E-state index contributed by atoms with van der Waals surface area (Å²) in [6.07, 6.45) is 2.20. The Labute approximate surface area is 119 Å². The van der Waals surface area contributed by atoms with Crippen LogP contribution in [0.5, 0.6) is 0 Å². The maximum Gasteiger partial charge on any atom is 0.00760 e. The standard InChI is InChI=1S/C17H30N2/c1-12-11-13(2)16(5)17(15(12)4)8-10-19(6)14(3)7-9-18/h11,14H,7-10,18H2,1-6H3. The maximum absolute atomic E-state index is 5.64. The van der Waals surface area contributed by atoms with Gasteiger partial charge >= 0.3 is 0 Å². The van der Waals surface area contributed by atoms with E-state index in [2.05, 4.69) is 52.6 Å². The van der Waals surface area contributed by atoms with E-state index in [0.717, 1.165) is 25.9 Å². The van der Waals surface area contributed by atoms with Gasteiger partial charge in [0.05, 0.1) is 0 Å². The van der Waals surface area contributed by atoms with E-state index in [1.54, 1.807) is 0 Å². The number of nitrogens with zero attached hydrogens (tertiary/aromatic N) is 1. The molecule has 0 fully saturated rings. The lowest BCUT2D eigenvalue weighted by Crippen LogP contribution is -2.32. The Bertz CT molecular complexity index is 398. The van der Waals surface area contributed by atoms with Gasteiger partial charge in [0.25, 0.3) is 0 Å². The largest absolute Gasteiger partial charge is 0.330 e. The molecule has 0 aromatic heterocycles. The lowest BCUT2D eigenvalue weighted by atomic mass is 9.92. The van der Waals surface area contributed by atoms with Gasteiger partial charge in [0.2, 0.25) is 0 Å². The summed E-state index contributed by atoms with van der Waals surface area (Å²) in [5, 5.41) is 0. The molecule has 2 N–H and O–H groups in total. The van der Waals surface area contributed by atoms with Crippen molar-refractivity contribution in [3.63, 3.8) is 0 Å². The summed E-state index contributed by atoms with van der Waals surface area (Å²) in [5.41, 5.74) is 12.9. The van der Waals surface area contributed by atoms with Gasteiger partial charge in [0, 0.05) is 12.6 Å². The van der Waals surface area contributed by atoms with Crippen LogP contribution in [0.2, 0.25) is 0 Å². The van der Waals surface area contributed by atoms with E-state index in [9.17, 15) is 0 Å². The molecule has 0 saturated heterocycles. The van der Waals surface area contributed by atoms with Gasteiger partial charge in [-0.25, -0.2) is 0 Å². The molecule has 1 aromatic rings. The Morgan fingerprint density at radius 1 is 1.11 bits per heavy atom. The zero-order valence-corrected chi connectivity index (χ0v) is 13.5. The average molecular weight is 262 g/mol. The van der Waals surface area contributed by atoms with Crippen LogP contribution in [0.25, 0.3) is 0 Å². The predicted octanol–water partition coefficient (Wildman–Crippen LogP) is 3.13. The zero-order valence-electron chi connectivity index (χ0n) is 13.5. The van der Waals surface area contributed by atoms with E-state index in [4.69, 9.17) is 5.73 Å². The molecule has 19 heavy (non-hydrogen) atoms. The Balaban J connectivity index is 2.78. The van der Waals surface area contributed by atoms with E-state index >= 15 is 0 Å². The summed E-state index contributed by atoms with van der Waals surface area (Å²) < 4.78 is 0. The van der Waals surface area contributed by atoms with Gasteiger partial charge in [-0.3, -0.25) is 0 Å². The highest BCUT2D eigenvalue weighted by molar-refractivity contribution is 5.44. The third-order valence-electron chi connectivity index (χ3n) is 4.57. The monoisotopic (exact) mass is 262 g/mol. The molecular weight excluding hydrogens is 232 g/mol. The van der Waals surface area contributed by atoms with Crippen LogP contribution in [0.3, 0.4) is 0 Å². The first-order chi connectivity index (χ1) is 8.88. The van der Waals surface area contributed by atoms with E-state index in [-0.39, 0.29) is 0 Å². The van der Waals surface area contributed by atoms with Crippen LogP contribution >= 0.6 is 0 Å². The van der Waals surface area contributed by atoms with Crippen LogP contribution in [-0.4, -0.2) is 31.1 Å². The fraction of sp³-hybridized carbons (Fsp3) is 0.647. The topological polar surface area (TPSA) is 29.3 Å². The van der Waals surface area contributed by atoms with Gasteiger partial charge in [0.1, 0.15) is 0 Å². The molecule has 0 radical (unpaired) electrons. The number of hydrogen-bond donors (Lipinski definition) is 1. The molecule has 0 aliphatic rings. The van der Waals surface area contributed by atoms with Gasteiger partial charge in [-0.15, -0.1) is 0 Å². The second-order valence-corrected chi connectivity index (χ2v) is 5.90. The number of likely N-dealkylation sites (N-methyl/N-ethyl adjacent to an activating group) is 1. The molecule has 1 unspecified atom stereocenters. The fourth-order valence-electron chi connectivity index (χ4n) is 2.64. The van der Waals surface area contributed by atoms with Crippen molar-refractivity contribution in [2.24, 2.45) is 5.73 Å². The molecule has 1 atom stereocenters. The van der Waals surface area contributed by atoms with E-state index in [1.165, 1.54) is 27.8 Å². The molecule has 1 rings (SSSR count). The van der Waals surface area contributed by atoms with Crippen molar-refractivity contribution in [2.75, 3.05) is 20.1 Å². The van der Waals surface area contributed by atoms with Gasteiger partial charge in [-0.2, -0.15) is 0 Å². The normalized spacial score (nSPS) is 13.1. The highest BCUT2D eigenvalue weighted by Gasteiger charge is 2.12. The molecule has 108 valence electrons. The molecule has 1 aromatic carbocycles. The lowest BCUT2D eigenvalue weighted by Gasteiger charge is -2.25. The maximum atomic E-state index is 5.64. The first kappa shape index (κ1) is 16.2. The van der Waals surface area contributed by atoms with Gasteiger partial charge in [0.15, 0.2) is 0 Å². The summed E-state index contributed by atoms with van der Waals surface area (Å²) >= 11 is 0. The van der Waals surface area contributed by atoms with Crippen LogP contribution in [0.1, 0.15) is 41.2 Å². The van der Waals surface area contributed by atoms with Crippen molar-refractivity contribution in [1.82, 2.24) is 4.90 Å². The number of rotatable bonds is 6. The van der Waals surface area contributed by atoms with Crippen molar-refractivity contribution < 1.29 is 0 Å². The summed E-state index contributed by atoms with van der Waals surface area (Å²) in [5.74, 6) is 0. The summed E-state index contributed by atoms with van der Waals surface area (Å²) in [7, 11) is 2.20. The van der Waals surface area contributed by atoms with Crippen LogP contribution in [0.4, 0.5) is 0 Å². The minimum atomic E-state index is 0.566. The number of hydrogen-bond acceptors (Lipinski definition) is 2. The highest BCUT2D eigenvalue weighted by atomic mass is 15.1. The zero-order chi connectivity index (χ0) is 14.6. The highest BCUT2D eigenvalue weighted by Crippen LogP contribution is 2.22. The summed E-state index contributed by atoms with van der Waals surface area (Å²) in [6, 6.07) is 2.87. The Morgan fingerprint density at radius 2 is 1.63 bits per heavy atom. The average Bonchev–Trinajstić information content (AvgIpc) is 2.36. The third-order valence-corrected chi connectivity index (χ3v) is 4.57. The Morgan fingerprint density at radius 3 is 2.11 bits per heavy atom. The van der Waals surface area contributed by atoms with Crippen LogP contribution in [0.15, 0.2) is 6.07 Å². The van der Waals surface area contributed by atoms with E-state index in [0.29, 0.717) is 6.04 Å².